The van der Waals surface area contributed by atoms with Crippen molar-refractivity contribution in [2.75, 3.05) is 31.1 Å². The Morgan fingerprint density at radius 2 is 2.00 bits per heavy atom. The van der Waals surface area contributed by atoms with Crippen LogP contribution in [0.3, 0.4) is 0 Å². The SMILES string of the molecule is Cc1cc(N2CCN(Cc3nccn3C(F)F)CC2)c2cccc([N+](=O)[O-])c2n1. The van der Waals surface area contributed by atoms with E-state index in [0.717, 1.165) is 15.6 Å². The molecule has 1 aliphatic heterocycles. The lowest BCUT2D eigenvalue weighted by atomic mass is 10.1. The molecule has 0 atom stereocenters. The Labute approximate surface area is 165 Å². The molecule has 8 nitrogen and oxygen atoms in total. The number of rotatable bonds is 5. The van der Waals surface area contributed by atoms with Crippen molar-refractivity contribution in [2.24, 2.45) is 0 Å². The number of piperazine rings is 1. The van der Waals surface area contributed by atoms with Gasteiger partial charge in [0, 0.05) is 61.4 Å². The number of alkyl halides is 2. The quantitative estimate of drug-likeness (QED) is 0.481. The third-order valence-electron chi connectivity index (χ3n) is 5.16. The number of nitrogens with zero attached hydrogens (tertiary/aromatic N) is 6. The molecular formula is C19H20F2N6O2. The number of nitro benzene ring substituents is 1. The van der Waals surface area contributed by atoms with E-state index in [-0.39, 0.29) is 5.69 Å². The van der Waals surface area contributed by atoms with Gasteiger partial charge in [0.05, 0.1) is 11.5 Å². The van der Waals surface area contributed by atoms with Gasteiger partial charge in [0.25, 0.3) is 5.69 Å². The average molecular weight is 402 g/mol. The van der Waals surface area contributed by atoms with Crippen LogP contribution in [0.5, 0.6) is 0 Å². The first-order valence-corrected chi connectivity index (χ1v) is 9.26. The first-order valence-electron chi connectivity index (χ1n) is 9.26. The van der Waals surface area contributed by atoms with Gasteiger partial charge < -0.3 is 4.90 Å². The van der Waals surface area contributed by atoms with Gasteiger partial charge in [0.2, 0.25) is 0 Å². The van der Waals surface area contributed by atoms with Crippen LogP contribution in [0.4, 0.5) is 20.2 Å². The minimum atomic E-state index is -2.60. The van der Waals surface area contributed by atoms with Crippen molar-refractivity contribution in [1.29, 1.82) is 0 Å². The second kappa shape index (κ2) is 7.70. The number of halogens is 2. The maximum absolute atomic E-state index is 13.0. The Bertz CT molecular complexity index is 1050. The van der Waals surface area contributed by atoms with Crippen LogP contribution < -0.4 is 4.90 Å². The summed E-state index contributed by atoms with van der Waals surface area (Å²) in [6.07, 6.45) is 2.67. The monoisotopic (exact) mass is 402 g/mol. The number of benzene rings is 1. The Morgan fingerprint density at radius 3 is 2.69 bits per heavy atom. The van der Waals surface area contributed by atoms with Crippen LogP contribution in [0.15, 0.2) is 36.7 Å². The number of hydrogen-bond donors (Lipinski definition) is 0. The zero-order valence-corrected chi connectivity index (χ0v) is 15.8. The maximum atomic E-state index is 13.0. The van der Waals surface area contributed by atoms with E-state index in [1.165, 1.54) is 18.5 Å². The van der Waals surface area contributed by atoms with Crippen LogP contribution in [-0.4, -0.2) is 50.5 Å². The molecule has 1 aromatic carbocycles. The topological polar surface area (TPSA) is 80.3 Å². The van der Waals surface area contributed by atoms with Gasteiger partial charge in [0.15, 0.2) is 5.52 Å². The van der Waals surface area contributed by atoms with Crippen molar-refractivity contribution < 1.29 is 13.7 Å². The molecule has 0 amide bonds. The Hall–Kier alpha value is -3.14. The standard InChI is InChI=1S/C19H20F2N6O2/c1-13-11-16(14-3-2-4-15(27(28)29)18(14)23-13)25-9-7-24(8-10-25)12-17-22-5-6-26(17)19(20)21/h2-6,11,19H,7-10,12H2,1H3. The van der Waals surface area contributed by atoms with Gasteiger partial charge in [-0.25, -0.2) is 9.97 Å². The Morgan fingerprint density at radius 1 is 1.24 bits per heavy atom. The maximum Gasteiger partial charge on any atom is 0.319 e. The number of fused-ring (bicyclic) bond motifs is 1. The van der Waals surface area contributed by atoms with Gasteiger partial charge in [-0.2, -0.15) is 8.78 Å². The molecule has 3 heterocycles. The van der Waals surface area contributed by atoms with Gasteiger partial charge in [-0.05, 0) is 13.0 Å². The molecule has 0 bridgehead atoms. The zero-order valence-electron chi connectivity index (χ0n) is 15.8. The summed E-state index contributed by atoms with van der Waals surface area (Å²) in [7, 11) is 0. The van der Waals surface area contributed by atoms with E-state index >= 15 is 0 Å². The van der Waals surface area contributed by atoms with Crippen molar-refractivity contribution >= 4 is 22.3 Å². The Balaban J connectivity index is 1.54. The molecule has 0 radical (unpaired) electrons. The molecular weight excluding hydrogens is 382 g/mol. The number of aromatic nitrogens is 3. The fourth-order valence-corrected chi connectivity index (χ4v) is 3.74. The Kier molecular flexibility index (Phi) is 5.10. The highest BCUT2D eigenvalue weighted by molar-refractivity contribution is 5.97. The van der Waals surface area contributed by atoms with E-state index < -0.39 is 11.5 Å². The van der Waals surface area contributed by atoms with E-state index in [1.807, 2.05) is 19.1 Å². The lowest BCUT2D eigenvalue weighted by molar-refractivity contribution is -0.383. The molecule has 3 aromatic rings. The number of para-hydroxylation sites is 1. The summed E-state index contributed by atoms with van der Waals surface area (Å²) in [6.45, 7) is 2.28. The molecule has 0 N–H and O–H groups in total. The first kappa shape index (κ1) is 19.2. The largest absolute Gasteiger partial charge is 0.368 e. The summed E-state index contributed by atoms with van der Waals surface area (Å²) in [5.74, 6) is 0.342. The molecule has 152 valence electrons. The second-order valence-electron chi connectivity index (χ2n) is 7.00. The molecule has 10 heteroatoms. The van der Waals surface area contributed by atoms with E-state index in [1.54, 1.807) is 6.07 Å². The fourth-order valence-electron chi connectivity index (χ4n) is 3.74. The third-order valence-corrected chi connectivity index (χ3v) is 5.16. The molecule has 1 aliphatic rings. The van der Waals surface area contributed by atoms with Crippen molar-refractivity contribution in [1.82, 2.24) is 19.4 Å². The minimum Gasteiger partial charge on any atom is -0.368 e. The lowest BCUT2D eigenvalue weighted by Crippen LogP contribution is -2.46. The predicted octanol–water partition coefficient (Wildman–Crippen LogP) is 3.37. The van der Waals surface area contributed by atoms with Crippen LogP contribution in [0, 0.1) is 17.0 Å². The summed E-state index contributed by atoms with van der Waals surface area (Å²) < 4.78 is 26.9. The highest BCUT2D eigenvalue weighted by Crippen LogP contribution is 2.32. The molecule has 0 unspecified atom stereocenters. The summed E-state index contributed by atoms with van der Waals surface area (Å²) in [6, 6.07) is 6.91. The number of non-ortho nitro benzene ring substituents is 1. The lowest BCUT2D eigenvalue weighted by Gasteiger charge is -2.36. The van der Waals surface area contributed by atoms with Gasteiger partial charge in [-0.3, -0.25) is 19.6 Å². The van der Waals surface area contributed by atoms with E-state index in [4.69, 9.17) is 0 Å². The molecule has 2 aromatic heterocycles. The smallest absolute Gasteiger partial charge is 0.319 e. The van der Waals surface area contributed by atoms with Gasteiger partial charge in [-0.1, -0.05) is 12.1 Å². The van der Waals surface area contributed by atoms with E-state index in [9.17, 15) is 18.9 Å². The summed E-state index contributed by atoms with van der Waals surface area (Å²) in [5.41, 5.74) is 1.99. The number of imidazole rings is 1. The minimum absolute atomic E-state index is 0.00933. The molecule has 29 heavy (non-hydrogen) atoms. The number of anilines is 1. The van der Waals surface area contributed by atoms with Crippen LogP contribution in [0.25, 0.3) is 10.9 Å². The van der Waals surface area contributed by atoms with Gasteiger partial charge in [0.1, 0.15) is 5.82 Å². The second-order valence-corrected chi connectivity index (χ2v) is 7.00. The molecule has 0 saturated carbocycles. The molecule has 1 saturated heterocycles. The highest BCUT2D eigenvalue weighted by atomic mass is 19.3. The number of pyridine rings is 1. The van der Waals surface area contributed by atoms with Crippen molar-refractivity contribution in [3.8, 4) is 0 Å². The zero-order chi connectivity index (χ0) is 20.5. The number of hydrogen-bond acceptors (Lipinski definition) is 6. The van der Waals surface area contributed by atoms with Crippen LogP contribution in [0.2, 0.25) is 0 Å². The summed E-state index contributed by atoms with van der Waals surface area (Å²) in [4.78, 5) is 23.6. The number of aryl methyl sites for hydroxylation is 1. The summed E-state index contributed by atoms with van der Waals surface area (Å²) >= 11 is 0. The van der Waals surface area contributed by atoms with Crippen molar-refractivity contribution in [3.63, 3.8) is 0 Å². The number of nitro groups is 1. The van der Waals surface area contributed by atoms with Gasteiger partial charge >= 0.3 is 6.55 Å². The molecule has 0 spiro atoms. The normalized spacial score (nSPS) is 15.4. The first-order chi connectivity index (χ1) is 13.9. The van der Waals surface area contributed by atoms with Crippen molar-refractivity contribution in [2.45, 2.75) is 20.0 Å². The van der Waals surface area contributed by atoms with Crippen LogP contribution in [0.1, 0.15) is 18.1 Å². The molecule has 1 fully saturated rings. The predicted molar refractivity (Wildman–Crippen MR) is 104 cm³/mol. The van der Waals surface area contributed by atoms with E-state index in [0.29, 0.717) is 49.8 Å². The fraction of sp³-hybridized carbons (Fsp3) is 0.368. The highest BCUT2D eigenvalue weighted by Gasteiger charge is 2.23. The average Bonchev–Trinajstić information content (AvgIpc) is 3.16. The molecule has 4 rings (SSSR count). The van der Waals surface area contributed by atoms with Crippen molar-refractivity contribution in [3.05, 3.63) is 58.3 Å². The van der Waals surface area contributed by atoms with Crippen LogP contribution in [-0.2, 0) is 6.54 Å². The summed E-state index contributed by atoms with van der Waals surface area (Å²) in [5, 5.41) is 12.1. The third kappa shape index (κ3) is 3.75. The van der Waals surface area contributed by atoms with Crippen LogP contribution >= 0.6 is 0 Å². The van der Waals surface area contributed by atoms with Gasteiger partial charge in [-0.15, -0.1) is 0 Å². The van der Waals surface area contributed by atoms with E-state index in [2.05, 4.69) is 19.8 Å². The molecule has 0 aliphatic carbocycles.